The molecular formula is C50H34N4O. The summed E-state index contributed by atoms with van der Waals surface area (Å²) in [6, 6.07) is 72.3. The molecule has 55 heavy (non-hydrogen) atoms. The van der Waals surface area contributed by atoms with E-state index in [-0.39, 0.29) is 0 Å². The number of aromatic nitrogens is 3. The molecule has 0 aliphatic carbocycles. The van der Waals surface area contributed by atoms with Crippen molar-refractivity contribution < 1.29 is 4.42 Å². The molecule has 0 radical (unpaired) electrons. The van der Waals surface area contributed by atoms with Crippen LogP contribution in [0.4, 0.5) is 17.1 Å². The Hall–Kier alpha value is -7.50. The Balaban J connectivity index is 1.01. The Morgan fingerprint density at radius 3 is 1.25 bits per heavy atom. The molecule has 260 valence electrons. The van der Waals surface area contributed by atoms with E-state index in [1.807, 2.05) is 48.5 Å². The second-order valence-electron chi connectivity index (χ2n) is 13.5. The number of hydrogen-bond donors (Lipinski definition) is 0. The summed E-state index contributed by atoms with van der Waals surface area (Å²) in [5.74, 6) is 0.991. The fourth-order valence-corrected chi connectivity index (χ4v) is 7.49. The van der Waals surface area contributed by atoms with Crippen LogP contribution in [0.1, 0.15) is 0 Å². The smallest absolute Gasteiger partial charge is 0.248 e. The molecule has 0 bridgehead atoms. The van der Waals surface area contributed by atoms with Crippen molar-refractivity contribution in [2.75, 3.05) is 4.90 Å². The predicted octanol–water partition coefficient (Wildman–Crippen LogP) is 13.3. The maximum atomic E-state index is 6.04. The topological polar surface area (TPSA) is 47.1 Å². The highest BCUT2D eigenvalue weighted by Gasteiger charge is 2.17. The van der Waals surface area contributed by atoms with Gasteiger partial charge in [0, 0.05) is 44.6 Å². The second-order valence-corrected chi connectivity index (χ2v) is 13.5. The zero-order chi connectivity index (χ0) is 36.6. The molecule has 0 N–H and O–H groups in total. The normalized spacial score (nSPS) is 11.3. The van der Waals surface area contributed by atoms with E-state index in [9.17, 15) is 0 Å². The molecule has 0 amide bonds. The van der Waals surface area contributed by atoms with Crippen LogP contribution in [-0.2, 0) is 0 Å². The number of hydrogen-bond acceptors (Lipinski definition) is 4. The van der Waals surface area contributed by atoms with Crippen molar-refractivity contribution >= 4 is 38.9 Å². The molecule has 0 aliphatic rings. The minimum Gasteiger partial charge on any atom is -0.416 e. The zero-order valence-corrected chi connectivity index (χ0v) is 29.8. The first-order valence-corrected chi connectivity index (χ1v) is 18.4. The van der Waals surface area contributed by atoms with Crippen molar-refractivity contribution in [3.8, 4) is 50.8 Å². The fraction of sp³-hybridized carbons (Fsp3) is 0. The van der Waals surface area contributed by atoms with Crippen LogP contribution in [0.5, 0.6) is 0 Å². The minimum absolute atomic E-state index is 0.487. The van der Waals surface area contributed by atoms with Crippen LogP contribution >= 0.6 is 0 Å². The van der Waals surface area contributed by atoms with Crippen molar-refractivity contribution in [1.29, 1.82) is 0 Å². The van der Waals surface area contributed by atoms with E-state index in [1.54, 1.807) is 0 Å². The van der Waals surface area contributed by atoms with Gasteiger partial charge in [0.15, 0.2) is 0 Å². The molecule has 0 aliphatic heterocycles. The highest BCUT2D eigenvalue weighted by atomic mass is 16.4. The summed E-state index contributed by atoms with van der Waals surface area (Å²) >= 11 is 0. The predicted molar refractivity (Wildman–Crippen MR) is 225 cm³/mol. The largest absolute Gasteiger partial charge is 0.416 e. The number of nitrogens with zero attached hydrogens (tertiary/aromatic N) is 4. The molecule has 5 heteroatoms. The van der Waals surface area contributed by atoms with Crippen molar-refractivity contribution in [3.05, 3.63) is 206 Å². The van der Waals surface area contributed by atoms with Gasteiger partial charge in [-0.15, -0.1) is 10.2 Å². The molecule has 5 nitrogen and oxygen atoms in total. The summed E-state index contributed by atoms with van der Waals surface area (Å²) in [6.45, 7) is 0. The van der Waals surface area contributed by atoms with Crippen LogP contribution in [0, 0.1) is 0 Å². The van der Waals surface area contributed by atoms with Crippen LogP contribution in [0.15, 0.2) is 211 Å². The molecule has 0 atom stereocenters. The molecule has 10 rings (SSSR count). The van der Waals surface area contributed by atoms with Crippen LogP contribution < -0.4 is 4.90 Å². The lowest BCUT2D eigenvalue weighted by atomic mass is 10.00. The van der Waals surface area contributed by atoms with Crippen molar-refractivity contribution in [1.82, 2.24) is 14.8 Å². The number of anilines is 3. The lowest BCUT2D eigenvalue weighted by molar-refractivity contribution is 0.584. The van der Waals surface area contributed by atoms with E-state index in [0.717, 1.165) is 39.4 Å². The molecule has 0 fully saturated rings. The Morgan fingerprint density at radius 2 is 0.727 bits per heavy atom. The third-order valence-corrected chi connectivity index (χ3v) is 10.2. The van der Waals surface area contributed by atoms with Crippen LogP contribution in [-0.4, -0.2) is 14.8 Å². The molecule has 8 aromatic carbocycles. The van der Waals surface area contributed by atoms with Gasteiger partial charge in [0.05, 0.1) is 11.0 Å². The maximum absolute atomic E-state index is 6.04. The van der Waals surface area contributed by atoms with Gasteiger partial charge in [0.1, 0.15) is 0 Å². The second kappa shape index (κ2) is 13.8. The first-order valence-electron chi connectivity index (χ1n) is 18.4. The number of para-hydroxylation sites is 2. The lowest BCUT2D eigenvalue weighted by Crippen LogP contribution is -2.09. The highest BCUT2D eigenvalue weighted by Crippen LogP contribution is 2.39. The summed E-state index contributed by atoms with van der Waals surface area (Å²) in [5.41, 5.74) is 13.2. The lowest BCUT2D eigenvalue weighted by Gasteiger charge is -2.25. The third-order valence-electron chi connectivity index (χ3n) is 10.2. The Kier molecular flexibility index (Phi) is 8.08. The molecule has 0 saturated carbocycles. The first-order chi connectivity index (χ1) is 27.3. The average Bonchev–Trinajstić information content (AvgIpc) is 3.89. The average molecular weight is 707 g/mol. The number of fused-ring (bicyclic) bond motifs is 3. The fourth-order valence-electron chi connectivity index (χ4n) is 7.49. The van der Waals surface area contributed by atoms with Crippen LogP contribution in [0.25, 0.3) is 72.7 Å². The van der Waals surface area contributed by atoms with Crippen molar-refractivity contribution in [3.63, 3.8) is 0 Å². The first kappa shape index (κ1) is 32.2. The summed E-state index contributed by atoms with van der Waals surface area (Å²) in [6.07, 6.45) is 0. The van der Waals surface area contributed by atoms with Gasteiger partial charge in [-0.3, -0.25) is 0 Å². The molecule has 0 unspecified atom stereocenters. The van der Waals surface area contributed by atoms with Gasteiger partial charge in [0.25, 0.3) is 0 Å². The molecule has 0 spiro atoms. The Bertz CT molecular complexity index is 2880. The van der Waals surface area contributed by atoms with E-state index in [0.29, 0.717) is 11.8 Å². The summed E-state index contributed by atoms with van der Waals surface area (Å²) in [5, 5.41) is 11.1. The number of benzene rings is 8. The molecule has 0 saturated heterocycles. The van der Waals surface area contributed by atoms with Gasteiger partial charge in [-0.05, 0) is 119 Å². The van der Waals surface area contributed by atoms with Crippen molar-refractivity contribution in [2.45, 2.75) is 0 Å². The SMILES string of the molecule is c1ccc(-c2ccc3c(c2)c2cc(-c4ccc(N(c5ccccc5)c5ccc(-c6nnc(-c7ccccc7)o6)cc5)cc4)ccc2n3-c2ccccc2)cc1. The van der Waals surface area contributed by atoms with Gasteiger partial charge in [0.2, 0.25) is 11.8 Å². The van der Waals surface area contributed by atoms with Crippen LogP contribution in [0.3, 0.4) is 0 Å². The summed E-state index contributed by atoms with van der Waals surface area (Å²) < 4.78 is 8.41. The Labute approximate surface area is 319 Å². The van der Waals surface area contributed by atoms with E-state index < -0.39 is 0 Å². The van der Waals surface area contributed by atoms with E-state index in [1.165, 1.54) is 38.5 Å². The maximum Gasteiger partial charge on any atom is 0.248 e. The summed E-state index contributed by atoms with van der Waals surface area (Å²) in [4.78, 5) is 2.26. The van der Waals surface area contributed by atoms with Gasteiger partial charge < -0.3 is 13.9 Å². The number of rotatable bonds is 8. The molecular weight excluding hydrogens is 673 g/mol. The van der Waals surface area contributed by atoms with Gasteiger partial charge >= 0.3 is 0 Å². The zero-order valence-electron chi connectivity index (χ0n) is 29.8. The molecule has 10 aromatic rings. The quantitative estimate of drug-likeness (QED) is 0.158. The Morgan fingerprint density at radius 1 is 0.345 bits per heavy atom. The summed E-state index contributed by atoms with van der Waals surface area (Å²) in [7, 11) is 0. The van der Waals surface area contributed by atoms with Gasteiger partial charge in [-0.2, -0.15) is 0 Å². The van der Waals surface area contributed by atoms with Gasteiger partial charge in [-0.25, -0.2) is 0 Å². The monoisotopic (exact) mass is 706 g/mol. The standard InChI is InChI=1S/C50H34N4O/c1-5-13-35(14-6-1)39-25-31-47-45(33-39)46-34-40(26-32-48(46)54(47)42-19-11-4-12-20-42)36-21-27-43(28-22-36)53(41-17-9-3-10-18-41)44-29-23-38(24-30-44)50-52-51-49(55-50)37-15-7-2-8-16-37/h1-34H. The van der Waals surface area contributed by atoms with Crippen molar-refractivity contribution in [2.24, 2.45) is 0 Å². The minimum atomic E-state index is 0.487. The van der Waals surface area contributed by atoms with E-state index >= 15 is 0 Å². The highest BCUT2D eigenvalue weighted by molar-refractivity contribution is 6.11. The third kappa shape index (κ3) is 6.04. The molecule has 2 aromatic heterocycles. The van der Waals surface area contributed by atoms with Gasteiger partial charge in [-0.1, -0.05) is 109 Å². The van der Waals surface area contributed by atoms with Crippen LogP contribution in [0.2, 0.25) is 0 Å². The van der Waals surface area contributed by atoms with E-state index in [2.05, 4.69) is 177 Å². The molecule has 2 heterocycles. The van der Waals surface area contributed by atoms with E-state index in [4.69, 9.17) is 4.42 Å².